The molecule has 0 spiro atoms. The number of aliphatic hydroxyl groups is 1. The van der Waals surface area contributed by atoms with Crippen LogP contribution in [0.25, 0.3) is 0 Å². The number of nitrogens with zero attached hydrogens (tertiary/aromatic N) is 1. The van der Waals surface area contributed by atoms with Gasteiger partial charge in [0.05, 0.1) is 19.8 Å². The Balaban J connectivity index is 2.09. The Kier molecular flexibility index (Phi) is 4.96. The number of likely N-dealkylation sites (tertiary alicyclic amines) is 1. The molecule has 0 aromatic heterocycles. The molecular weight excluding hydrogens is 282 g/mol. The van der Waals surface area contributed by atoms with Crippen LogP contribution < -0.4 is 4.74 Å². The Labute approximate surface area is 131 Å². The molecule has 5 heteroatoms. The molecule has 5 nitrogen and oxygen atoms in total. The fraction of sp³-hybridized carbons (Fsp3) is 0.588. The van der Waals surface area contributed by atoms with E-state index in [1.807, 2.05) is 45.0 Å². The highest BCUT2D eigenvalue weighted by Crippen LogP contribution is 2.33. The van der Waals surface area contributed by atoms with Crippen LogP contribution in [0.5, 0.6) is 5.75 Å². The SMILES string of the molecule is COc1ccc([C@@H]2C[C@@H](CO)N(C(=O)OC(C)(C)C)C2)cc1. The third-order valence-corrected chi connectivity index (χ3v) is 3.84. The summed E-state index contributed by atoms with van der Waals surface area (Å²) >= 11 is 0. The molecule has 22 heavy (non-hydrogen) atoms. The van der Waals surface area contributed by atoms with Gasteiger partial charge in [-0.3, -0.25) is 0 Å². The second kappa shape index (κ2) is 6.57. The smallest absolute Gasteiger partial charge is 0.410 e. The molecule has 0 saturated carbocycles. The topological polar surface area (TPSA) is 59.0 Å². The van der Waals surface area contributed by atoms with Gasteiger partial charge in [0.15, 0.2) is 0 Å². The summed E-state index contributed by atoms with van der Waals surface area (Å²) in [6.45, 7) is 6.04. The van der Waals surface area contributed by atoms with E-state index in [9.17, 15) is 9.90 Å². The van der Waals surface area contributed by atoms with Gasteiger partial charge in [0.25, 0.3) is 0 Å². The van der Waals surface area contributed by atoms with E-state index in [4.69, 9.17) is 9.47 Å². The van der Waals surface area contributed by atoms with Crippen molar-refractivity contribution in [3.63, 3.8) is 0 Å². The molecule has 1 saturated heterocycles. The maximum atomic E-state index is 12.3. The Morgan fingerprint density at radius 1 is 1.32 bits per heavy atom. The van der Waals surface area contributed by atoms with Crippen molar-refractivity contribution in [2.75, 3.05) is 20.3 Å². The monoisotopic (exact) mass is 307 g/mol. The molecule has 122 valence electrons. The summed E-state index contributed by atoms with van der Waals surface area (Å²) in [5.41, 5.74) is 0.611. The third-order valence-electron chi connectivity index (χ3n) is 3.84. The number of carbonyl (C=O) groups excluding carboxylic acids is 1. The van der Waals surface area contributed by atoms with Crippen molar-refractivity contribution in [3.05, 3.63) is 29.8 Å². The highest BCUT2D eigenvalue weighted by molar-refractivity contribution is 5.69. The maximum Gasteiger partial charge on any atom is 0.410 e. The number of ether oxygens (including phenoxy) is 2. The van der Waals surface area contributed by atoms with E-state index < -0.39 is 5.60 Å². The van der Waals surface area contributed by atoms with Gasteiger partial charge in [-0.05, 0) is 44.9 Å². The quantitative estimate of drug-likeness (QED) is 0.933. The fourth-order valence-electron chi connectivity index (χ4n) is 2.75. The van der Waals surface area contributed by atoms with Crippen LogP contribution in [-0.2, 0) is 4.74 Å². The number of carbonyl (C=O) groups is 1. The van der Waals surface area contributed by atoms with Gasteiger partial charge in [-0.15, -0.1) is 0 Å². The second-order valence-corrected chi connectivity index (χ2v) is 6.67. The van der Waals surface area contributed by atoms with Crippen molar-refractivity contribution in [2.24, 2.45) is 0 Å². The lowest BCUT2D eigenvalue weighted by Gasteiger charge is -2.27. The molecule has 0 aliphatic carbocycles. The minimum atomic E-state index is -0.532. The number of methoxy groups -OCH3 is 1. The molecule has 0 radical (unpaired) electrons. The molecule has 1 amide bonds. The summed E-state index contributed by atoms with van der Waals surface area (Å²) in [6.07, 6.45) is 0.379. The van der Waals surface area contributed by atoms with Crippen LogP contribution in [-0.4, -0.2) is 48.0 Å². The standard InChI is InChI=1S/C17H25NO4/c1-17(2,3)22-16(20)18-10-13(9-14(18)11-19)12-5-7-15(21-4)8-6-12/h5-8,13-14,19H,9-11H2,1-4H3/t13-,14+/m1/s1. The number of hydrogen-bond acceptors (Lipinski definition) is 4. The first-order valence-corrected chi connectivity index (χ1v) is 7.58. The number of hydrogen-bond donors (Lipinski definition) is 1. The number of amides is 1. The van der Waals surface area contributed by atoms with Crippen molar-refractivity contribution in [1.29, 1.82) is 0 Å². The van der Waals surface area contributed by atoms with Gasteiger partial charge in [0.2, 0.25) is 0 Å². The summed E-state index contributed by atoms with van der Waals surface area (Å²) in [6, 6.07) is 7.66. The predicted molar refractivity (Wildman–Crippen MR) is 84.2 cm³/mol. The highest BCUT2D eigenvalue weighted by Gasteiger charge is 2.37. The minimum absolute atomic E-state index is 0.0497. The van der Waals surface area contributed by atoms with E-state index in [2.05, 4.69) is 0 Å². The lowest BCUT2D eigenvalue weighted by molar-refractivity contribution is 0.0174. The van der Waals surface area contributed by atoms with Crippen molar-refractivity contribution in [1.82, 2.24) is 4.90 Å². The van der Waals surface area contributed by atoms with E-state index in [0.29, 0.717) is 6.54 Å². The number of rotatable bonds is 3. The van der Waals surface area contributed by atoms with Crippen molar-refractivity contribution < 1.29 is 19.4 Å². The molecule has 1 heterocycles. The molecule has 1 aromatic rings. The first-order chi connectivity index (χ1) is 10.3. The summed E-state index contributed by atoms with van der Waals surface area (Å²) < 4.78 is 10.6. The molecule has 1 N–H and O–H groups in total. The normalized spacial score (nSPS) is 21.8. The van der Waals surface area contributed by atoms with Gasteiger partial charge in [0.1, 0.15) is 11.4 Å². The van der Waals surface area contributed by atoms with E-state index in [0.717, 1.165) is 17.7 Å². The summed E-state index contributed by atoms with van der Waals surface area (Å²) in [5.74, 6) is 1.01. The molecule has 0 unspecified atom stereocenters. The zero-order chi connectivity index (χ0) is 16.3. The number of benzene rings is 1. The third kappa shape index (κ3) is 3.91. The Hall–Kier alpha value is -1.75. The van der Waals surface area contributed by atoms with Gasteiger partial charge in [0, 0.05) is 12.5 Å². The molecule has 1 aliphatic heterocycles. The Bertz CT molecular complexity index is 506. The van der Waals surface area contributed by atoms with Crippen molar-refractivity contribution in [3.8, 4) is 5.75 Å². The molecule has 2 atom stereocenters. The van der Waals surface area contributed by atoms with Crippen molar-refractivity contribution in [2.45, 2.75) is 44.8 Å². The van der Waals surface area contributed by atoms with Gasteiger partial charge in [-0.1, -0.05) is 12.1 Å². The molecular formula is C17H25NO4. The van der Waals surface area contributed by atoms with E-state index >= 15 is 0 Å². The predicted octanol–water partition coefficient (Wildman–Crippen LogP) is 2.78. The van der Waals surface area contributed by atoms with Crippen LogP contribution in [0.1, 0.15) is 38.7 Å². The van der Waals surface area contributed by atoms with Gasteiger partial charge >= 0.3 is 6.09 Å². The van der Waals surface area contributed by atoms with Crippen LogP contribution >= 0.6 is 0 Å². The zero-order valence-corrected chi connectivity index (χ0v) is 13.7. The van der Waals surface area contributed by atoms with Crippen LogP contribution in [0.15, 0.2) is 24.3 Å². The summed E-state index contributed by atoms with van der Waals surface area (Å²) in [4.78, 5) is 13.9. The van der Waals surface area contributed by atoms with Crippen LogP contribution in [0.3, 0.4) is 0 Å². The molecule has 1 aromatic carbocycles. The van der Waals surface area contributed by atoms with Crippen LogP contribution in [0, 0.1) is 0 Å². The first kappa shape index (κ1) is 16.6. The van der Waals surface area contributed by atoms with E-state index in [-0.39, 0.29) is 24.7 Å². The minimum Gasteiger partial charge on any atom is -0.497 e. The first-order valence-electron chi connectivity index (χ1n) is 7.58. The highest BCUT2D eigenvalue weighted by atomic mass is 16.6. The molecule has 0 bridgehead atoms. The zero-order valence-electron chi connectivity index (χ0n) is 13.7. The fourth-order valence-corrected chi connectivity index (χ4v) is 2.75. The lowest BCUT2D eigenvalue weighted by atomic mass is 9.96. The average molecular weight is 307 g/mol. The lowest BCUT2D eigenvalue weighted by Crippen LogP contribution is -2.41. The Morgan fingerprint density at radius 2 is 1.95 bits per heavy atom. The maximum absolute atomic E-state index is 12.3. The second-order valence-electron chi connectivity index (χ2n) is 6.67. The average Bonchev–Trinajstić information content (AvgIpc) is 2.90. The van der Waals surface area contributed by atoms with Gasteiger partial charge < -0.3 is 19.5 Å². The van der Waals surface area contributed by atoms with E-state index in [1.54, 1.807) is 12.0 Å². The Morgan fingerprint density at radius 3 is 2.45 bits per heavy atom. The largest absolute Gasteiger partial charge is 0.497 e. The van der Waals surface area contributed by atoms with Gasteiger partial charge in [-0.2, -0.15) is 0 Å². The van der Waals surface area contributed by atoms with Crippen molar-refractivity contribution >= 4 is 6.09 Å². The van der Waals surface area contributed by atoms with Crippen LogP contribution in [0.2, 0.25) is 0 Å². The summed E-state index contributed by atoms with van der Waals surface area (Å²) in [5, 5.41) is 9.56. The van der Waals surface area contributed by atoms with Gasteiger partial charge in [-0.25, -0.2) is 4.79 Å². The molecule has 1 aliphatic rings. The van der Waals surface area contributed by atoms with E-state index in [1.165, 1.54) is 0 Å². The number of aliphatic hydroxyl groups excluding tert-OH is 1. The summed E-state index contributed by atoms with van der Waals surface area (Å²) in [7, 11) is 1.64. The molecule has 1 fully saturated rings. The molecule has 2 rings (SSSR count). The van der Waals surface area contributed by atoms with Crippen LogP contribution in [0.4, 0.5) is 4.79 Å².